The second-order valence-electron chi connectivity index (χ2n) is 4.37. The zero-order valence-corrected chi connectivity index (χ0v) is 10.8. The minimum atomic E-state index is -1.80. The lowest BCUT2D eigenvalue weighted by Gasteiger charge is -2.28. The molecule has 1 N–H and O–H groups in total. The molecule has 1 rings (SSSR count). The second kappa shape index (κ2) is 5.37. The van der Waals surface area contributed by atoms with Gasteiger partial charge in [0.25, 0.3) is 5.91 Å². The van der Waals surface area contributed by atoms with Crippen molar-refractivity contribution >= 4 is 23.5 Å². The van der Waals surface area contributed by atoms with E-state index in [1.54, 1.807) is 24.3 Å². The molecule has 0 saturated carbocycles. The molecule has 6 heteroatoms. The topological polar surface area (TPSA) is 80.7 Å². The largest absolute Gasteiger partial charge is 0.549 e. The first-order valence-corrected chi connectivity index (χ1v) is 5.60. The number of hydroxylamine groups is 2. The van der Waals surface area contributed by atoms with Crippen molar-refractivity contribution in [3.8, 4) is 0 Å². The monoisotopic (exact) mass is 270 g/mol. The summed E-state index contributed by atoms with van der Waals surface area (Å²) in [6, 6.07) is 6.65. The lowest BCUT2D eigenvalue weighted by atomic mass is 9.92. The molecule has 1 aromatic carbocycles. The maximum Gasteiger partial charge on any atom is 0.257 e. The first-order valence-electron chi connectivity index (χ1n) is 5.22. The Kier molecular flexibility index (Phi) is 4.32. The fourth-order valence-electron chi connectivity index (χ4n) is 1.27. The Morgan fingerprint density at radius 2 is 1.94 bits per heavy atom. The van der Waals surface area contributed by atoms with Gasteiger partial charge in [0.15, 0.2) is 0 Å². The highest BCUT2D eigenvalue weighted by Crippen LogP contribution is 2.21. The number of nitrogens with zero attached hydrogens (tertiary/aromatic N) is 1. The van der Waals surface area contributed by atoms with Gasteiger partial charge in [0, 0.05) is 5.02 Å². The number of carboxylic acids is 1. The molecule has 0 unspecified atom stereocenters. The third-order valence-electron chi connectivity index (χ3n) is 2.56. The number of aliphatic carboxylic acids is 1. The Morgan fingerprint density at radius 3 is 2.44 bits per heavy atom. The van der Waals surface area contributed by atoms with E-state index in [1.807, 2.05) is 0 Å². The van der Waals surface area contributed by atoms with Gasteiger partial charge < -0.3 is 9.90 Å². The van der Waals surface area contributed by atoms with E-state index in [-0.39, 0.29) is 6.54 Å². The fourth-order valence-corrected chi connectivity index (χ4v) is 1.47. The molecule has 1 amide bonds. The zero-order chi connectivity index (χ0) is 13.9. The van der Waals surface area contributed by atoms with Crippen LogP contribution in [0.15, 0.2) is 24.3 Å². The molecule has 1 aromatic rings. The summed E-state index contributed by atoms with van der Waals surface area (Å²) in [5, 5.41) is 21.1. The van der Waals surface area contributed by atoms with Crippen molar-refractivity contribution in [2.24, 2.45) is 5.41 Å². The second-order valence-corrected chi connectivity index (χ2v) is 4.77. The van der Waals surface area contributed by atoms with Crippen molar-refractivity contribution in [2.75, 3.05) is 0 Å². The first kappa shape index (κ1) is 14.5. The maximum atomic E-state index is 11.7. The van der Waals surface area contributed by atoms with Gasteiger partial charge in [0.1, 0.15) is 0 Å². The number of benzene rings is 1. The fraction of sp³-hybridized carbons (Fsp3) is 0.333. The molecule has 0 fully saturated rings. The van der Waals surface area contributed by atoms with E-state index in [2.05, 4.69) is 0 Å². The van der Waals surface area contributed by atoms with Gasteiger partial charge in [0.2, 0.25) is 0 Å². The predicted molar refractivity (Wildman–Crippen MR) is 62.6 cm³/mol. The summed E-state index contributed by atoms with van der Waals surface area (Å²) in [6.45, 7) is 2.15. The van der Waals surface area contributed by atoms with Crippen LogP contribution in [-0.4, -0.2) is 22.1 Å². The smallest absolute Gasteiger partial charge is 0.257 e. The number of carbonyl (C=O) groups excluding carboxylic acids is 2. The number of hydrogen-bond acceptors (Lipinski definition) is 4. The summed E-state index contributed by atoms with van der Waals surface area (Å²) in [7, 11) is 0. The quantitative estimate of drug-likeness (QED) is 0.499. The maximum absolute atomic E-state index is 11.7. The Labute approximate surface area is 110 Å². The van der Waals surface area contributed by atoms with Crippen LogP contribution in [0.4, 0.5) is 0 Å². The van der Waals surface area contributed by atoms with Crippen LogP contribution in [0.25, 0.3) is 0 Å². The molecule has 0 radical (unpaired) electrons. The Balaban J connectivity index is 2.84. The molecular weight excluding hydrogens is 258 g/mol. The van der Waals surface area contributed by atoms with E-state index < -0.39 is 17.3 Å². The molecular formula is C12H13ClNO4-. The van der Waals surface area contributed by atoms with Crippen LogP contribution in [0.3, 0.4) is 0 Å². The molecule has 0 spiro atoms. The molecule has 0 aliphatic carbocycles. The summed E-state index contributed by atoms with van der Waals surface area (Å²) in [5.74, 6) is -2.51. The lowest BCUT2D eigenvalue weighted by Crippen LogP contribution is -2.49. The normalized spacial score (nSPS) is 11.1. The van der Waals surface area contributed by atoms with Gasteiger partial charge in [-0.25, -0.2) is 5.06 Å². The van der Waals surface area contributed by atoms with Gasteiger partial charge in [-0.3, -0.25) is 10.0 Å². The highest BCUT2D eigenvalue weighted by Gasteiger charge is 2.33. The third-order valence-corrected chi connectivity index (χ3v) is 2.93. The molecule has 18 heavy (non-hydrogen) atoms. The highest BCUT2D eigenvalue weighted by molar-refractivity contribution is 6.31. The SMILES string of the molecule is CC(C)(C(=O)[O-])C(=O)N(O)Cc1ccccc1Cl. The van der Waals surface area contributed by atoms with Crippen LogP contribution in [0.1, 0.15) is 19.4 Å². The van der Waals surface area contributed by atoms with Crippen LogP contribution >= 0.6 is 11.6 Å². The summed E-state index contributed by atoms with van der Waals surface area (Å²) in [4.78, 5) is 22.5. The van der Waals surface area contributed by atoms with Crippen molar-refractivity contribution in [2.45, 2.75) is 20.4 Å². The first-order chi connectivity index (χ1) is 8.26. The Bertz CT molecular complexity index is 473. The average Bonchev–Trinajstić information content (AvgIpc) is 2.30. The van der Waals surface area contributed by atoms with Crippen molar-refractivity contribution < 1.29 is 19.9 Å². The van der Waals surface area contributed by atoms with Gasteiger partial charge in [-0.05, 0) is 25.5 Å². The standard InChI is InChI=1S/C12H14ClNO4/c1-12(2,11(16)17)10(15)14(18)7-8-5-3-4-6-9(8)13/h3-6,18H,7H2,1-2H3,(H,16,17)/p-1. The minimum absolute atomic E-state index is 0.185. The van der Waals surface area contributed by atoms with Crippen LogP contribution in [-0.2, 0) is 16.1 Å². The van der Waals surface area contributed by atoms with Crippen molar-refractivity contribution in [1.29, 1.82) is 0 Å². The van der Waals surface area contributed by atoms with Gasteiger partial charge >= 0.3 is 0 Å². The number of amides is 1. The van der Waals surface area contributed by atoms with E-state index in [0.717, 1.165) is 0 Å². The molecule has 0 atom stereocenters. The predicted octanol–water partition coefficient (Wildman–Crippen LogP) is 0.834. The van der Waals surface area contributed by atoms with Crippen molar-refractivity contribution in [3.05, 3.63) is 34.9 Å². The number of hydrogen-bond donors (Lipinski definition) is 1. The van der Waals surface area contributed by atoms with Gasteiger partial charge in [-0.2, -0.15) is 0 Å². The molecule has 5 nitrogen and oxygen atoms in total. The molecule has 0 aliphatic rings. The van der Waals surface area contributed by atoms with Crippen molar-refractivity contribution in [1.82, 2.24) is 5.06 Å². The minimum Gasteiger partial charge on any atom is -0.549 e. The molecule has 0 heterocycles. The van der Waals surface area contributed by atoms with E-state index in [4.69, 9.17) is 11.6 Å². The Morgan fingerprint density at radius 1 is 1.39 bits per heavy atom. The molecule has 0 saturated heterocycles. The van der Waals surface area contributed by atoms with Gasteiger partial charge in [-0.15, -0.1) is 0 Å². The zero-order valence-electron chi connectivity index (χ0n) is 10.0. The lowest BCUT2D eigenvalue weighted by molar-refractivity contribution is -0.317. The molecule has 0 bridgehead atoms. The summed E-state index contributed by atoms with van der Waals surface area (Å²) >= 11 is 5.87. The van der Waals surface area contributed by atoms with E-state index >= 15 is 0 Å². The third kappa shape index (κ3) is 3.00. The number of halogens is 1. The summed E-state index contributed by atoms with van der Waals surface area (Å²) in [6.07, 6.45) is 0. The van der Waals surface area contributed by atoms with Crippen LogP contribution < -0.4 is 5.11 Å². The van der Waals surface area contributed by atoms with Crippen LogP contribution in [0.2, 0.25) is 5.02 Å². The van der Waals surface area contributed by atoms with E-state index in [0.29, 0.717) is 15.6 Å². The van der Waals surface area contributed by atoms with Gasteiger partial charge in [0.05, 0.1) is 17.9 Å². The summed E-state index contributed by atoms with van der Waals surface area (Å²) in [5.41, 5.74) is -1.28. The van der Waals surface area contributed by atoms with Crippen molar-refractivity contribution in [3.63, 3.8) is 0 Å². The highest BCUT2D eigenvalue weighted by atomic mass is 35.5. The summed E-state index contributed by atoms with van der Waals surface area (Å²) < 4.78 is 0. The van der Waals surface area contributed by atoms with Crippen LogP contribution in [0.5, 0.6) is 0 Å². The number of carboxylic acid groups (broad SMARTS) is 1. The van der Waals surface area contributed by atoms with E-state index in [1.165, 1.54) is 13.8 Å². The van der Waals surface area contributed by atoms with E-state index in [9.17, 15) is 19.9 Å². The average molecular weight is 271 g/mol. The molecule has 0 aliphatic heterocycles. The number of rotatable bonds is 4. The van der Waals surface area contributed by atoms with Gasteiger partial charge in [-0.1, -0.05) is 29.8 Å². The Hall–Kier alpha value is -1.59. The molecule has 0 aromatic heterocycles. The number of carbonyl (C=O) groups is 2. The van der Waals surface area contributed by atoms with Crippen LogP contribution in [0, 0.1) is 5.41 Å². The molecule has 98 valence electrons.